The Bertz CT molecular complexity index is 617. The number of aromatic nitrogens is 1. The maximum atomic E-state index is 11.8. The monoisotopic (exact) mass is 354 g/mol. The fraction of sp³-hybridized carbons (Fsp3) is 0.286. The molecule has 0 aliphatic rings. The van der Waals surface area contributed by atoms with Crippen molar-refractivity contribution in [3.8, 4) is 0 Å². The van der Waals surface area contributed by atoms with Gasteiger partial charge in [0, 0.05) is 10.2 Å². The number of anilines is 2. The number of carbonyl (C=O) groups is 1. The van der Waals surface area contributed by atoms with Crippen LogP contribution in [-0.2, 0) is 4.74 Å². The van der Waals surface area contributed by atoms with Crippen molar-refractivity contribution in [3.05, 3.63) is 38.9 Å². The van der Waals surface area contributed by atoms with Crippen LogP contribution in [0.25, 0.3) is 0 Å². The number of ether oxygens (including phenoxy) is 1. The van der Waals surface area contributed by atoms with Crippen LogP contribution in [0.3, 0.4) is 0 Å². The van der Waals surface area contributed by atoms with E-state index in [4.69, 9.17) is 4.74 Å². The molecule has 6 heteroatoms. The average Bonchev–Trinajstić information content (AvgIpc) is 2.82. The number of nitrogens with one attached hydrogen (secondary N) is 1. The minimum absolute atomic E-state index is 0.332. The van der Waals surface area contributed by atoms with Crippen LogP contribution in [0.15, 0.2) is 22.1 Å². The lowest BCUT2D eigenvalue weighted by molar-refractivity contribution is 0.0521. The highest BCUT2D eigenvalue weighted by molar-refractivity contribution is 9.10. The first kappa shape index (κ1) is 15.0. The summed E-state index contributed by atoms with van der Waals surface area (Å²) in [5.74, 6) is -0.399. The number of thiazole rings is 1. The predicted octanol–water partition coefficient (Wildman–Crippen LogP) is 4.44. The van der Waals surface area contributed by atoms with Crippen LogP contribution in [0.1, 0.15) is 28.5 Å². The van der Waals surface area contributed by atoms with E-state index in [0.717, 1.165) is 21.3 Å². The van der Waals surface area contributed by atoms with Gasteiger partial charge in [0.1, 0.15) is 5.00 Å². The summed E-state index contributed by atoms with van der Waals surface area (Å²) in [6.07, 6.45) is 0. The molecular formula is C14H15BrN2O2S. The molecule has 106 valence electrons. The van der Waals surface area contributed by atoms with Crippen molar-refractivity contribution in [3.63, 3.8) is 0 Å². The third-order valence-corrected chi connectivity index (χ3v) is 3.97. The minimum Gasteiger partial charge on any atom is -0.461 e. The van der Waals surface area contributed by atoms with Gasteiger partial charge in [-0.2, -0.15) is 0 Å². The Balaban J connectivity index is 2.32. The van der Waals surface area contributed by atoms with Gasteiger partial charge in [0.25, 0.3) is 0 Å². The van der Waals surface area contributed by atoms with E-state index in [1.165, 1.54) is 11.3 Å². The van der Waals surface area contributed by atoms with Crippen molar-refractivity contribution in [2.24, 2.45) is 0 Å². The fourth-order valence-corrected chi connectivity index (χ4v) is 3.26. The van der Waals surface area contributed by atoms with Crippen LogP contribution in [0.2, 0.25) is 0 Å². The van der Waals surface area contributed by atoms with Crippen molar-refractivity contribution in [1.29, 1.82) is 0 Å². The zero-order valence-electron chi connectivity index (χ0n) is 11.5. The van der Waals surface area contributed by atoms with Gasteiger partial charge >= 0.3 is 5.97 Å². The number of nitrogens with zero attached hydrogens (tertiary/aromatic N) is 1. The lowest BCUT2D eigenvalue weighted by Gasteiger charge is -2.12. The van der Waals surface area contributed by atoms with Gasteiger partial charge in [-0.1, -0.05) is 15.9 Å². The van der Waals surface area contributed by atoms with Crippen LogP contribution in [-0.4, -0.2) is 17.6 Å². The van der Waals surface area contributed by atoms with Crippen molar-refractivity contribution in [2.75, 3.05) is 11.9 Å². The molecule has 0 saturated heterocycles. The lowest BCUT2D eigenvalue weighted by Crippen LogP contribution is -2.08. The Morgan fingerprint density at radius 2 is 2.05 bits per heavy atom. The molecule has 0 aliphatic heterocycles. The van der Waals surface area contributed by atoms with Crippen molar-refractivity contribution in [2.45, 2.75) is 20.8 Å². The van der Waals surface area contributed by atoms with Gasteiger partial charge in [0.05, 0.1) is 12.1 Å². The van der Waals surface area contributed by atoms with Crippen LogP contribution in [0, 0.1) is 13.8 Å². The van der Waals surface area contributed by atoms with Gasteiger partial charge in [-0.25, -0.2) is 9.78 Å². The minimum atomic E-state index is -0.399. The van der Waals surface area contributed by atoms with Crippen molar-refractivity contribution in [1.82, 2.24) is 4.98 Å². The number of esters is 1. The maximum Gasteiger partial charge on any atom is 0.360 e. The molecule has 1 heterocycles. The Morgan fingerprint density at radius 3 is 2.65 bits per heavy atom. The summed E-state index contributed by atoms with van der Waals surface area (Å²) in [5.41, 5.74) is 5.15. The first-order chi connectivity index (χ1) is 9.52. The normalized spacial score (nSPS) is 10.4. The fourth-order valence-electron chi connectivity index (χ4n) is 1.90. The number of hydrogen-bond donors (Lipinski definition) is 1. The molecule has 0 saturated carbocycles. The molecule has 1 aromatic heterocycles. The second-order valence-electron chi connectivity index (χ2n) is 4.29. The van der Waals surface area contributed by atoms with Crippen molar-refractivity contribution < 1.29 is 9.53 Å². The standard InChI is InChI=1S/C14H15BrN2O2S/c1-4-19-14(18)12-13(20-7-16-12)17-11-8(2)5-10(15)6-9(11)3/h5-7,17H,4H2,1-3H3. The smallest absolute Gasteiger partial charge is 0.360 e. The van der Waals surface area contributed by atoms with Gasteiger partial charge in [-0.05, 0) is 44.0 Å². The zero-order chi connectivity index (χ0) is 14.7. The topological polar surface area (TPSA) is 51.2 Å². The van der Waals surface area contributed by atoms with Gasteiger partial charge in [-0.3, -0.25) is 0 Å². The molecule has 0 atom stereocenters. The summed E-state index contributed by atoms with van der Waals surface area (Å²) >= 11 is 4.86. The number of carbonyl (C=O) groups excluding carboxylic acids is 1. The van der Waals surface area contributed by atoms with Crippen molar-refractivity contribution >= 4 is 43.9 Å². The number of rotatable bonds is 4. The molecular weight excluding hydrogens is 340 g/mol. The molecule has 2 rings (SSSR count). The SMILES string of the molecule is CCOC(=O)c1ncsc1Nc1c(C)cc(Br)cc1C. The molecule has 1 aromatic carbocycles. The number of benzene rings is 1. The molecule has 0 fully saturated rings. The summed E-state index contributed by atoms with van der Waals surface area (Å²) < 4.78 is 6.04. The van der Waals surface area contributed by atoms with E-state index in [-0.39, 0.29) is 0 Å². The third-order valence-electron chi connectivity index (χ3n) is 2.77. The third kappa shape index (κ3) is 3.19. The quantitative estimate of drug-likeness (QED) is 0.824. The molecule has 20 heavy (non-hydrogen) atoms. The molecule has 0 spiro atoms. The predicted molar refractivity (Wildman–Crippen MR) is 85.0 cm³/mol. The van der Waals surface area contributed by atoms with Crippen LogP contribution < -0.4 is 5.32 Å². The maximum absolute atomic E-state index is 11.8. The number of hydrogen-bond acceptors (Lipinski definition) is 5. The lowest BCUT2D eigenvalue weighted by atomic mass is 10.1. The average molecular weight is 355 g/mol. The molecule has 1 N–H and O–H groups in total. The second kappa shape index (κ2) is 6.37. The molecule has 0 unspecified atom stereocenters. The Kier molecular flexibility index (Phi) is 4.77. The number of halogens is 1. The highest BCUT2D eigenvalue weighted by atomic mass is 79.9. The summed E-state index contributed by atoms with van der Waals surface area (Å²) in [4.78, 5) is 15.9. The van der Waals surface area contributed by atoms with Gasteiger partial charge in [-0.15, -0.1) is 11.3 Å². The summed E-state index contributed by atoms with van der Waals surface area (Å²) in [6.45, 7) is 6.16. The van der Waals surface area contributed by atoms with E-state index in [9.17, 15) is 4.79 Å². The van der Waals surface area contributed by atoms with Gasteiger partial charge in [0.15, 0.2) is 5.69 Å². The van der Waals surface area contributed by atoms with Crippen LogP contribution in [0.5, 0.6) is 0 Å². The Labute approximate surface area is 130 Å². The second-order valence-corrected chi connectivity index (χ2v) is 6.06. The van der Waals surface area contributed by atoms with E-state index in [2.05, 4.69) is 26.2 Å². The van der Waals surface area contributed by atoms with E-state index >= 15 is 0 Å². The summed E-state index contributed by atoms with van der Waals surface area (Å²) in [5, 5.41) is 4.00. The largest absolute Gasteiger partial charge is 0.461 e. The van der Waals surface area contributed by atoms with Crippen LogP contribution >= 0.6 is 27.3 Å². The van der Waals surface area contributed by atoms with E-state index in [1.807, 2.05) is 26.0 Å². The highest BCUT2D eigenvalue weighted by Gasteiger charge is 2.17. The van der Waals surface area contributed by atoms with Gasteiger partial charge < -0.3 is 10.1 Å². The highest BCUT2D eigenvalue weighted by Crippen LogP contribution is 2.31. The van der Waals surface area contributed by atoms with Crippen LogP contribution in [0.4, 0.5) is 10.7 Å². The summed E-state index contributed by atoms with van der Waals surface area (Å²) in [7, 11) is 0. The molecule has 0 amide bonds. The first-order valence-electron chi connectivity index (χ1n) is 6.17. The zero-order valence-corrected chi connectivity index (χ0v) is 13.9. The van der Waals surface area contributed by atoms with E-state index in [1.54, 1.807) is 12.4 Å². The van der Waals surface area contributed by atoms with E-state index in [0.29, 0.717) is 17.3 Å². The summed E-state index contributed by atoms with van der Waals surface area (Å²) in [6, 6.07) is 4.06. The number of aryl methyl sites for hydroxylation is 2. The first-order valence-corrected chi connectivity index (χ1v) is 7.84. The molecule has 4 nitrogen and oxygen atoms in total. The Hall–Kier alpha value is -1.40. The molecule has 0 aliphatic carbocycles. The molecule has 2 aromatic rings. The Morgan fingerprint density at radius 1 is 1.40 bits per heavy atom. The molecule has 0 bridgehead atoms. The molecule has 0 radical (unpaired) electrons. The van der Waals surface area contributed by atoms with Gasteiger partial charge in [0.2, 0.25) is 0 Å². The van der Waals surface area contributed by atoms with E-state index < -0.39 is 5.97 Å².